The zero-order chi connectivity index (χ0) is 24.4. The van der Waals surface area contributed by atoms with Gasteiger partial charge < -0.3 is 18.9 Å². The van der Waals surface area contributed by atoms with Crippen LogP contribution in [0.3, 0.4) is 0 Å². The van der Waals surface area contributed by atoms with Crippen molar-refractivity contribution in [1.29, 1.82) is 0 Å². The first-order valence-electron chi connectivity index (χ1n) is 11.8. The Morgan fingerprint density at radius 3 is 1.74 bits per heavy atom. The lowest BCUT2D eigenvalue weighted by Gasteiger charge is -2.15. The zero-order valence-electron chi connectivity index (χ0n) is 19.8. The first-order chi connectivity index (χ1) is 16.6. The first kappa shape index (κ1) is 27.1. The molecule has 0 aliphatic carbocycles. The summed E-state index contributed by atoms with van der Waals surface area (Å²) in [5.41, 5.74) is 0.986. The Morgan fingerprint density at radius 1 is 0.647 bits per heavy atom. The topological polar surface area (TPSA) is 88.1 Å². The van der Waals surface area contributed by atoms with E-state index < -0.39 is 5.97 Å². The molecule has 0 heterocycles. The number of carbonyl (C=O) groups excluding carboxylic acids is 3. The molecule has 184 valence electrons. The van der Waals surface area contributed by atoms with Gasteiger partial charge in [0.05, 0.1) is 23.7 Å². The molecule has 0 fully saturated rings. The van der Waals surface area contributed by atoms with E-state index in [2.05, 4.69) is 0 Å². The van der Waals surface area contributed by atoms with Gasteiger partial charge in [-0.3, -0.25) is 4.79 Å². The molecule has 0 bridgehead atoms. The molecule has 0 aliphatic heterocycles. The third-order valence-electron chi connectivity index (χ3n) is 5.10. The maximum absolute atomic E-state index is 12.4. The maximum Gasteiger partial charge on any atom is 0.338 e. The summed E-state index contributed by atoms with van der Waals surface area (Å²) >= 11 is 0. The molecule has 2 aromatic carbocycles. The van der Waals surface area contributed by atoms with Crippen LogP contribution in [0.25, 0.3) is 0 Å². The van der Waals surface area contributed by atoms with E-state index in [-0.39, 0.29) is 37.7 Å². The fourth-order valence-corrected chi connectivity index (χ4v) is 3.33. The van der Waals surface area contributed by atoms with Crippen molar-refractivity contribution < 1.29 is 33.3 Å². The molecule has 0 saturated heterocycles. The van der Waals surface area contributed by atoms with Crippen LogP contribution in [0, 0.1) is 5.92 Å². The number of unbranched alkanes of at least 4 members (excludes halogenated alkanes) is 1. The highest BCUT2D eigenvalue weighted by atomic mass is 16.6. The molecule has 2 aromatic rings. The average Bonchev–Trinajstić information content (AvgIpc) is 2.88. The van der Waals surface area contributed by atoms with E-state index in [1.165, 1.54) is 0 Å². The minimum absolute atomic E-state index is 0.0288. The summed E-state index contributed by atoms with van der Waals surface area (Å²) in [6, 6.07) is 17.5. The molecular weight excluding hydrogens is 436 g/mol. The smallest absolute Gasteiger partial charge is 0.338 e. The highest BCUT2D eigenvalue weighted by molar-refractivity contribution is 5.89. The minimum atomic E-state index is -0.434. The van der Waals surface area contributed by atoms with Crippen molar-refractivity contribution in [2.24, 2.45) is 5.92 Å². The molecule has 0 amide bonds. The van der Waals surface area contributed by atoms with Crippen LogP contribution in [0.15, 0.2) is 60.7 Å². The summed E-state index contributed by atoms with van der Waals surface area (Å²) in [5.74, 6) is -1.23. The average molecular weight is 471 g/mol. The number of hydrogen-bond acceptors (Lipinski definition) is 7. The molecule has 0 spiro atoms. The third kappa shape index (κ3) is 10.6. The lowest BCUT2D eigenvalue weighted by Crippen LogP contribution is -2.21. The van der Waals surface area contributed by atoms with Crippen molar-refractivity contribution in [2.45, 2.75) is 39.0 Å². The Balaban J connectivity index is 1.52. The number of hydrogen-bond donors (Lipinski definition) is 0. The van der Waals surface area contributed by atoms with Gasteiger partial charge >= 0.3 is 17.9 Å². The van der Waals surface area contributed by atoms with E-state index in [0.717, 1.165) is 25.7 Å². The zero-order valence-corrected chi connectivity index (χ0v) is 19.8. The second-order valence-corrected chi connectivity index (χ2v) is 7.77. The fourth-order valence-electron chi connectivity index (χ4n) is 3.33. The van der Waals surface area contributed by atoms with Crippen LogP contribution >= 0.6 is 0 Å². The Labute approximate surface area is 201 Å². The second kappa shape index (κ2) is 16.4. The predicted octanol–water partition coefficient (Wildman–Crippen LogP) is 4.85. The molecule has 0 aromatic heterocycles. The van der Waals surface area contributed by atoms with Crippen LogP contribution in [-0.2, 0) is 23.7 Å². The van der Waals surface area contributed by atoms with Gasteiger partial charge in [0.15, 0.2) is 0 Å². The van der Waals surface area contributed by atoms with Crippen molar-refractivity contribution in [3.8, 4) is 0 Å². The van der Waals surface area contributed by atoms with E-state index >= 15 is 0 Å². The van der Waals surface area contributed by atoms with Crippen LogP contribution in [0.1, 0.15) is 59.7 Å². The van der Waals surface area contributed by atoms with Crippen molar-refractivity contribution in [3.63, 3.8) is 0 Å². The normalized spacial score (nSPS) is 11.4. The van der Waals surface area contributed by atoms with Crippen molar-refractivity contribution in [1.82, 2.24) is 0 Å². The molecule has 0 aliphatic rings. The lowest BCUT2D eigenvalue weighted by atomic mass is 9.97. The van der Waals surface area contributed by atoms with E-state index in [4.69, 9.17) is 18.9 Å². The van der Waals surface area contributed by atoms with Gasteiger partial charge in [0.2, 0.25) is 0 Å². The Hall–Kier alpha value is -3.19. The number of rotatable bonds is 16. The van der Waals surface area contributed by atoms with Gasteiger partial charge in [0.25, 0.3) is 0 Å². The Bertz CT molecular complexity index is 852. The summed E-state index contributed by atoms with van der Waals surface area (Å²) in [5, 5.41) is 0. The van der Waals surface area contributed by atoms with E-state index in [1.807, 2.05) is 19.1 Å². The first-order valence-corrected chi connectivity index (χ1v) is 11.8. The van der Waals surface area contributed by atoms with Gasteiger partial charge in [-0.15, -0.1) is 0 Å². The maximum atomic E-state index is 12.4. The van der Waals surface area contributed by atoms with Crippen LogP contribution in [0.5, 0.6) is 0 Å². The molecule has 34 heavy (non-hydrogen) atoms. The number of ether oxygens (including phenoxy) is 4. The quantitative estimate of drug-likeness (QED) is 0.197. The van der Waals surface area contributed by atoms with Gasteiger partial charge in [0, 0.05) is 6.61 Å². The molecule has 0 saturated carbocycles. The van der Waals surface area contributed by atoms with E-state index in [9.17, 15) is 14.4 Å². The SMILES string of the molecule is CCCC(CCCCOCCOC(=O)c1ccccc1)C(=O)OCCOC(=O)c1ccccc1. The minimum Gasteiger partial charge on any atom is -0.462 e. The summed E-state index contributed by atoms with van der Waals surface area (Å²) in [6.45, 7) is 3.17. The van der Waals surface area contributed by atoms with Gasteiger partial charge in [-0.05, 0) is 43.5 Å². The molecule has 1 unspecified atom stereocenters. The summed E-state index contributed by atoms with van der Waals surface area (Å²) in [7, 11) is 0. The molecule has 0 N–H and O–H groups in total. The molecular formula is C27H34O7. The van der Waals surface area contributed by atoms with Crippen LogP contribution in [0.4, 0.5) is 0 Å². The lowest BCUT2D eigenvalue weighted by molar-refractivity contribution is -0.150. The Kier molecular flexibility index (Phi) is 13.1. The second-order valence-electron chi connectivity index (χ2n) is 7.77. The van der Waals surface area contributed by atoms with Crippen LogP contribution < -0.4 is 0 Å². The van der Waals surface area contributed by atoms with E-state index in [1.54, 1.807) is 48.5 Å². The van der Waals surface area contributed by atoms with Crippen LogP contribution in [-0.4, -0.2) is 50.9 Å². The molecule has 0 radical (unpaired) electrons. The largest absolute Gasteiger partial charge is 0.462 e. The fraction of sp³-hybridized carbons (Fsp3) is 0.444. The number of carbonyl (C=O) groups is 3. The molecule has 1 atom stereocenters. The summed E-state index contributed by atoms with van der Waals surface area (Å²) in [6.07, 6.45) is 3.97. The van der Waals surface area contributed by atoms with Gasteiger partial charge in [-0.1, -0.05) is 56.2 Å². The molecule has 2 rings (SSSR count). The third-order valence-corrected chi connectivity index (χ3v) is 5.10. The highest BCUT2D eigenvalue weighted by Crippen LogP contribution is 2.17. The molecule has 7 nitrogen and oxygen atoms in total. The van der Waals surface area contributed by atoms with Crippen molar-refractivity contribution >= 4 is 17.9 Å². The van der Waals surface area contributed by atoms with Crippen molar-refractivity contribution in [3.05, 3.63) is 71.8 Å². The van der Waals surface area contributed by atoms with E-state index in [0.29, 0.717) is 30.8 Å². The van der Waals surface area contributed by atoms with Gasteiger partial charge in [-0.2, -0.15) is 0 Å². The summed E-state index contributed by atoms with van der Waals surface area (Å²) in [4.78, 5) is 36.1. The van der Waals surface area contributed by atoms with Gasteiger partial charge in [-0.25, -0.2) is 9.59 Å². The Morgan fingerprint density at radius 2 is 1.18 bits per heavy atom. The van der Waals surface area contributed by atoms with Gasteiger partial charge in [0.1, 0.15) is 19.8 Å². The molecule has 7 heteroatoms. The van der Waals surface area contributed by atoms with Crippen LogP contribution in [0.2, 0.25) is 0 Å². The number of esters is 3. The highest BCUT2D eigenvalue weighted by Gasteiger charge is 2.19. The predicted molar refractivity (Wildman–Crippen MR) is 127 cm³/mol. The standard InChI is InChI=1S/C27H34O7/c1-2-11-22(25(28)33-20-21-34-27(30)24-14-7-4-8-15-24)16-9-10-17-31-18-19-32-26(29)23-12-5-3-6-13-23/h3-8,12-15,22H,2,9-11,16-21H2,1H3. The summed E-state index contributed by atoms with van der Waals surface area (Å²) < 4.78 is 21.1. The van der Waals surface area contributed by atoms with Crippen molar-refractivity contribution in [2.75, 3.05) is 33.0 Å². The number of benzene rings is 2. The monoisotopic (exact) mass is 470 g/mol.